The van der Waals surface area contributed by atoms with Gasteiger partial charge in [0.1, 0.15) is 0 Å². The quantitative estimate of drug-likeness (QED) is 0.490. The lowest BCUT2D eigenvalue weighted by molar-refractivity contribution is 0.247. The van der Waals surface area contributed by atoms with Crippen molar-refractivity contribution in [3.05, 3.63) is 23.8 Å². The van der Waals surface area contributed by atoms with E-state index in [0.29, 0.717) is 12.1 Å². The number of amides is 2. The van der Waals surface area contributed by atoms with Crippen LogP contribution in [0.15, 0.2) is 18.2 Å². The van der Waals surface area contributed by atoms with E-state index in [2.05, 4.69) is 10.6 Å². The van der Waals surface area contributed by atoms with Crippen molar-refractivity contribution in [3.8, 4) is 11.5 Å². The summed E-state index contributed by atoms with van der Waals surface area (Å²) in [6.45, 7) is 0.413. The van der Waals surface area contributed by atoms with Gasteiger partial charge in [-0.3, -0.25) is 0 Å². The maximum Gasteiger partial charge on any atom is 0.315 e. The Balaban J connectivity index is 2.32. The Kier molecular flexibility index (Phi) is 1.92. The molecule has 4 N–H and O–H groups in total. The molecule has 5 heteroatoms. The number of carbonyl (C=O) groups excluding carboxylic acids is 1. The zero-order valence-corrected chi connectivity index (χ0v) is 7.32. The number of carbonyl (C=O) groups is 1. The SMILES string of the molecule is O=C1NCC(c2cccc(O)c2O)N1. The fourth-order valence-corrected chi connectivity index (χ4v) is 1.47. The fraction of sp³-hybridized carbons (Fsp3) is 0.222. The molecule has 0 aliphatic carbocycles. The third kappa shape index (κ3) is 1.32. The standard InChI is InChI=1S/C9H10N2O3/c12-7-3-1-2-5(8(7)13)6-4-10-9(14)11-6/h1-3,6,12-13H,4H2,(H2,10,11,14). The summed E-state index contributed by atoms with van der Waals surface area (Å²) in [5.74, 6) is -0.356. The van der Waals surface area contributed by atoms with Gasteiger partial charge in [0.05, 0.1) is 6.04 Å². The Bertz CT molecular complexity index is 378. The molecule has 1 atom stereocenters. The molecule has 1 aliphatic heterocycles. The van der Waals surface area contributed by atoms with Gasteiger partial charge in [-0.25, -0.2) is 4.79 Å². The van der Waals surface area contributed by atoms with Crippen molar-refractivity contribution in [3.63, 3.8) is 0 Å². The number of urea groups is 1. The summed E-state index contributed by atoms with van der Waals surface area (Å²) in [4.78, 5) is 10.9. The summed E-state index contributed by atoms with van der Waals surface area (Å²) in [6.07, 6.45) is 0. The van der Waals surface area contributed by atoms with E-state index in [4.69, 9.17) is 0 Å². The second kappa shape index (κ2) is 3.10. The molecule has 1 saturated heterocycles. The van der Waals surface area contributed by atoms with Crippen LogP contribution in [-0.4, -0.2) is 22.8 Å². The van der Waals surface area contributed by atoms with Crippen LogP contribution >= 0.6 is 0 Å². The van der Waals surface area contributed by atoms with Crippen molar-refractivity contribution in [2.24, 2.45) is 0 Å². The molecule has 1 aliphatic rings. The first-order valence-corrected chi connectivity index (χ1v) is 4.23. The maximum absolute atomic E-state index is 10.9. The molecule has 14 heavy (non-hydrogen) atoms. The van der Waals surface area contributed by atoms with Crippen molar-refractivity contribution in [1.29, 1.82) is 0 Å². The van der Waals surface area contributed by atoms with E-state index in [9.17, 15) is 15.0 Å². The van der Waals surface area contributed by atoms with Crippen molar-refractivity contribution in [2.75, 3.05) is 6.54 Å². The molecule has 1 heterocycles. The fourth-order valence-electron chi connectivity index (χ4n) is 1.47. The van der Waals surface area contributed by atoms with Gasteiger partial charge in [0, 0.05) is 12.1 Å². The summed E-state index contributed by atoms with van der Waals surface area (Å²) < 4.78 is 0. The number of phenolic OH excluding ortho intramolecular Hbond substituents is 2. The molecule has 0 bridgehead atoms. The second-order valence-electron chi connectivity index (χ2n) is 3.12. The Morgan fingerprint density at radius 1 is 1.36 bits per heavy atom. The minimum Gasteiger partial charge on any atom is -0.504 e. The predicted molar refractivity (Wildman–Crippen MR) is 49.0 cm³/mol. The normalized spacial score (nSPS) is 20.3. The number of rotatable bonds is 1. The van der Waals surface area contributed by atoms with Gasteiger partial charge < -0.3 is 20.8 Å². The van der Waals surface area contributed by atoms with E-state index < -0.39 is 0 Å². The molecular weight excluding hydrogens is 184 g/mol. The van der Waals surface area contributed by atoms with Crippen molar-refractivity contribution >= 4 is 6.03 Å². The predicted octanol–water partition coefficient (Wildman–Crippen LogP) is 0.452. The Morgan fingerprint density at radius 2 is 2.14 bits per heavy atom. The molecule has 0 aromatic heterocycles. The van der Waals surface area contributed by atoms with Gasteiger partial charge in [-0.2, -0.15) is 0 Å². The van der Waals surface area contributed by atoms with Crippen LogP contribution in [-0.2, 0) is 0 Å². The zero-order chi connectivity index (χ0) is 10.1. The Hall–Kier alpha value is -1.91. The van der Waals surface area contributed by atoms with Crippen molar-refractivity contribution < 1.29 is 15.0 Å². The zero-order valence-electron chi connectivity index (χ0n) is 7.32. The Labute approximate surface area is 80.4 Å². The molecule has 1 fully saturated rings. The third-order valence-corrected chi connectivity index (χ3v) is 2.19. The van der Waals surface area contributed by atoms with E-state index in [1.165, 1.54) is 6.07 Å². The lowest BCUT2D eigenvalue weighted by Crippen LogP contribution is -2.21. The Morgan fingerprint density at radius 3 is 2.79 bits per heavy atom. The highest BCUT2D eigenvalue weighted by molar-refractivity contribution is 5.77. The van der Waals surface area contributed by atoms with Crippen LogP contribution < -0.4 is 10.6 Å². The van der Waals surface area contributed by atoms with Gasteiger partial charge >= 0.3 is 6.03 Å². The van der Waals surface area contributed by atoms with Crippen LogP contribution in [0, 0.1) is 0 Å². The number of aromatic hydroxyl groups is 2. The first-order chi connectivity index (χ1) is 6.68. The molecule has 74 valence electrons. The average Bonchev–Trinajstić information content (AvgIpc) is 2.57. The minimum atomic E-state index is -0.283. The van der Waals surface area contributed by atoms with Crippen LogP contribution in [0.1, 0.15) is 11.6 Å². The van der Waals surface area contributed by atoms with E-state index in [-0.39, 0.29) is 23.6 Å². The highest BCUT2D eigenvalue weighted by Gasteiger charge is 2.24. The molecule has 1 unspecified atom stereocenters. The van der Waals surface area contributed by atoms with Gasteiger partial charge in [-0.15, -0.1) is 0 Å². The molecule has 2 rings (SSSR count). The molecule has 0 spiro atoms. The number of para-hydroxylation sites is 1. The number of nitrogens with one attached hydrogen (secondary N) is 2. The van der Waals surface area contributed by atoms with Crippen LogP contribution in [0.3, 0.4) is 0 Å². The van der Waals surface area contributed by atoms with Crippen LogP contribution in [0.25, 0.3) is 0 Å². The lowest BCUT2D eigenvalue weighted by Gasteiger charge is -2.11. The number of benzene rings is 1. The van der Waals surface area contributed by atoms with Crippen molar-refractivity contribution in [2.45, 2.75) is 6.04 Å². The summed E-state index contributed by atoms with van der Waals surface area (Å²) >= 11 is 0. The summed E-state index contributed by atoms with van der Waals surface area (Å²) in [5, 5.41) is 23.9. The summed E-state index contributed by atoms with van der Waals surface area (Å²) in [5.41, 5.74) is 0.517. The van der Waals surface area contributed by atoms with E-state index >= 15 is 0 Å². The van der Waals surface area contributed by atoms with Gasteiger partial charge in [-0.1, -0.05) is 12.1 Å². The van der Waals surface area contributed by atoms with Gasteiger partial charge in [-0.05, 0) is 6.07 Å². The molecule has 1 aromatic carbocycles. The molecule has 0 saturated carbocycles. The van der Waals surface area contributed by atoms with Gasteiger partial charge in [0.25, 0.3) is 0 Å². The van der Waals surface area contributed by atoms with Crippen molar-refractivity contribution in [1.82, 2.24) is 10.6 Å². The maximum atomic E-state index is 10.9. The first kappa shape index (κ1) is 8.68. The van der Waals surface area contributed by atoms with Crippen LogP contribution in [0.5, 0.6) is 11.5 Å². The molecular formula is C9H10N2O3. The van der Waals surface area contributed by atoms with E-state index in [0.717, 1.165) is 0 Å². The molecule has 1 aromatic rings. The number of hydrogen-bond acceptors (Lipinski definition) is 3. The largest absolute Gasteiger partial charge is 0.504 e. The van der Waals surface area contributed by atoms with Gasteiger partial charge in [0.2, 0.25) is 0 Å². The highest BCUT2D eigenvalue weighted by Crippen LogP contribution is 2.32. The monoisotopic (exact) mass is 194 g/mol. The smallest absolute Gasteiger partial charge is 0.315 e. The molecule has 2 amide bonds. The van der Waals surface area contributed by atoms with Gasteiger partial charge in [0.15, 0.2) is 11.5 Å². The lowest BCUT2D eigenvalue weighted by atomic mass is 10.1. The van der Waals surface area contributed by atoms with Crippen LogP contribution in [0.4, 0.5) is 4.79 Å². The second-order valence-corrected chi connectivity index (χ2v) is 3.12. The minimum absolute atomic E-state index is 0.177. The highest BCUT2D eigenvalue weighted by atomic mass is 16.3. The summed E-state index contributed by atoms with van der Waals surface area (Å²) in [7, 11) is 0. The first-order valence-electron chi connectivity index (χ1n) is 4.23. The molecule has 5 nitrogen and oxygen atoms in total. The number of hydrogen-bond donors (Lipinski definition) is 4. The third-order valence-electron chi connectivity index (χ3n) is 2.19. The van der Waals surface area contributed by atoms with Crippen LogP contribution in [0.2, 0.25) is 0 Å². The topological polar surface area (TPSA) is 81.6 Å². The average molecular weight is 194 g/mol. The van der Waals surface area contributed by atoms with E-state index in [1.807, 2.05) is 0 Å². The molecule has 0 radical (unpaired) electrons. The number of phenols is 2. The van der Waals surface area contributed by atoms with E-state index in [1.54, 1.807) is 12.1 Å². The summed E-state index contributed by atoms with van der Waals surface area (Å²) in [6, 6.07) is 4.12.